The van der Waals surface area contributed by atoms with Crippen molar-refractivity contribution in [1.82, 2.24) is 15.6 Å². The molecule has 2 rings (SSSR count). The molecule has 7 nitrogen and oxygen atoms in total. The fourth-order valence-electron chi connectivity index (χ4n) is 2.15. The zero-order chi connectivity index (χ0) is 20.7. The molecule has 0 radical (unpaired) electrons. The summed E-state index contributed by atoms with van der Waals surface area (Å²) in [6, 6.07) is 8.37. The predicted octanol–water partition coefficient (Wildman–Crippen LogP) is 4.14. The number of anilines is 1. The van der Waals surface area contributed by atoms with E-state index >= 15 is 0 Å². The minimum absolute atomic E-state index is 0.193. The van der Waals surface area contributed by atoms with E-state index in [0.717, 1.165) is 4.47 Å². The molecule has 1 unspecified atom stereocenters. The summed E-state index contributed by atoms with van der Waals surface area (Å²) in [5, 5.41) is 18.0. The van der Waals surface area contributed by atoms with Gasteiger partial charge >= 0.3 is 0 Å². The number of rotatable bonds is 4. The second kappa shape index (κ2) is 9.53. The van der Waals surface area contributed by atoms with Gasteiger partial charge in [-0.3, -0.25) is 15.1 Å². The lowest BCUT2D eigenvalue weighted by Gasteiger charge is -2.29. The van der Waals surface area contributed by atoms with Gasteiger partial charge in [-0.15, -0.1) is 0 Å². The third kappa shape index (κ3) is 6.51. The Morgan fingerprint density at radius 3 is 2.54 bits per heavy atom. The van der Waals surface area contributed by atoms with E-state index in [4.69, 9.17) is 16.9 Å². The first-order valence-corrected chi connectivity index (χ1v) is 9.53. The van der Waals surface area contributed by atoms with E-state index in [0.29, 0.717) is 16.3 Å². The first-order chi connectivity index (χ1) is 13.2. The quantitative estimate of drug-likeness (QED) is 0.274. The van der Waals surface area contributed by atoms with Crippen molar-refractivity contribution in [2.24, 2.45) is 10.4 Å². The van der Waals surface area contributed by atoms with Gasteiger partial charge < -0.3 is 10.6 Å². The zero-order valence-corrected chi connectivity index (χ0v) is 18.0. The molecule has 2 aromatic rings. The number of nitrogens with one attached hydrogen (secondary N) is 3. The van der Waals surface area contributed by atoms with E-state index in [9.17, 15) is 4.79 Å². The second-order valence-electron chi connectivity index (χ2n) is 6.98. The van der Waals surface area contributed by atoms with Crippen LogP contribution in [0, 0.1) is 16.9 Å². The Hall–Kier alpha value is -2.63. The van der Waals surface area contributed by atoms with Crippen LogP contribution in [0.5, 0.6) is 0 Å². The van der Waals surface area contributed by atoms with E-state index in [-0.39, 0.29) is 11.9 Å². The molecule has 0 saturated heterocycles. The Morgan fingerprint density at radius 2 is 1.96 bits per heavy atom. The van der Waals surface area contributed by atoms with Gasteiger partial charge in [-0.05, 0) is 46.3 Å². The average Bonchev–Trinajstić information content (AvgIpc) is 2.61. The number of aromatic nitrogens is 1. The van der Waals surface area contributed by atoms with Gasteiger partial charge in [-0.1, -0.05) is 32.4 Å². The summed E-state index contributed by atoms with van der Waals surface area (Å²) in [5.74, 6) is -0.0977. The number of carbonyl (C=O) groups excluding carboxylic acids is 1. The molecule has 0 aliphatic carbocycles. The van der Waals surface area contributed by atoms with E-state index in [1.54, 1.807) is 42.7 Å². The first kappa shape index (κ1) is 21.7. The summed E-state index contributed by atoms with van der Waals surface area (Å²) in [5.41, 5.74) is 0.683. The van der Waals surface area contributed by atoms with Gasteiger partial charge in [0.15, 0.2) is 6.19 Å². The number of halogens is 2. The standard InChI is InChI=1S/C19H20BrClN6O/c1-19(2,3)17(26-16(28)12-4-6-14(21)7-5-12)27-18(24-11-22)25-15-8-13(20)9-23-10-15/h4-10,17H,1-3H3,(H,26,28)(H2,24,25,27). The number of pyridine rings is 1. The van der Waals surface area contributed by atoms with E-state index in [1.807, 2.05) is 27.0 Å². The monoisotopic (exact) mass is 462 g/mol. The highest BCUT2D eigenvalue weighted by molar-refractivity contribution is 9.10. The van der Waals surface area contributed by atoms with Crippen LogP contribution in [0.25, 0.3) is 0 Å². The number of hydrogen-bond acceptors (Lipinski definition) is 4. The molecular weight excluding hydrogens is 444 g/mol. The number of nitrogens with zero attached hydrogens (tertiary/aromatic N) is 3. The molecule has 1 amide bonds. The molecule has 0 aliphatic heterocycles. The van der Waals surface area contributed by atoms with Crippen LogP contribution in [0.4, 0.5) is 5.69 Å². The fourth-order valence-corrected chi connectivity index (χ4v) is 2.64. The molecular formula is C19H20BrClN6O. The second-order valence-corrected chi connectivity index (χ2v) is 8.33. The molecule has 0 bridgehead atoms. The van der Waals surface area contributed by atoms with Crippen molar-refractivity contribution < 1.29 is 4.79 Å². The minimum atomic E-state index is -0.612. The maximum Gasteiger partial charge on any atom is 0.252 e. The smallest absolute Gasteiger partial charge is 0.252 e. The summed E-state index contributed by atoms with van der Waals surface area (Å²) in [6.07, 6.45) is 4.47. The zero-order valence-electron chi connectivity index (χ0n) is 15.6. The number of amides is 1. The fraction of sp³-hybridized carbons (Fsp3) is 0.263. The van der Waals surface area contributed by atoms with Crippen molar-refractivity contribution >= 4 is 45.1 Å². The summed E-state index contributed by atoms with van der Waals surface area (Å²) in [7, 11) is 0. The van der Waals surface area contributed by atoms with Gasteiger partial charge in [0.1, 0.15) is 6.17 Å². The Bertz CT molecular complexity index is 902. The SMILES string of the molecule is CC(C)(C)C(N=C(NC#N)Nc1cncc(Br)c1)NC(=O)c1ccc(Cl)cc1. The first-order valence-electron chi connectivity index (χ1n) is 8.36. The van der Waals surface area contributed by atoms with Crippen LogP contribution >= 0.6 is 27.5 Å². The van der Waals surface area contributed by atoms with Crippen LogP contribution in [0.3, 0.4) is 0 Å². The Kier molecular flexibility index (Phi) is 7.38. The Balaban J connectivity index is 2.27. The largest absolute Gasteiger partial charge is 0.330 e. The summed E-state index contributed by atoms with van der Waals surface area (Å²) in [6.45, 7) is 5.82. The minimum Gasteiger partial charge on any atom is -0.330 e. The molecule has 146 valence electrons. The average molecular weight is 464 g/mol. The topological polar surface area (TPSA) is 102 Å². The van der Waals surface area contributed by atoms with Crippen molar-refractivity contribution in [2.45, 2.75) is 26.9 Å². The van der Waals surface area contributed by atoms with Crippen molar-refractivity contribution in [1.29, 1.82) is 5.26 Å². The lowest BCUT2D eigenvalue weighted by atomic mass is 9.92. The molecule has 28 heavy (non-hydrogen) atoms. The van der Waals surface area contributed by atoms with Crippen LogP contribution in [0.1, 0.15) is 31.1 Å². The molecule has 0 saturated carbocycles. The number of guanidine groups is 1. The van der Waals surface area contributed by atoms with Crippen molar-refractivity contribution in [3.8, 4) is 6.19 Å². The third-order valence-electron chi connectivity index (χ3n) is 3.59. The maximum absolute atomic E-state index is 12.6. The van der Waals surface area contributed by atoms with Crippen molar-refractivity contribution in [3.63, 3.8) is 0 Å². The number of nitriles is 1. The molecule has 1 heterocycles. The Labute approximate surface area is 177 Å². The van der Waals surface area contributed by atoms with Gasteiger partial charge in [0.05, 0.1) is 11.9 Å². The van der Waals surface area contributed by atoms with Crippen LogP contribution in [-0.2, 0) is 0 Å². The molecule has 0 aliphatic rings. The molecule has 0 fully saturated rings. The van der Waals surface area contributed by atoms with Gasteiger partial charge in [-0.25, -0.2) is 4.99 Å². The maximum atomic E-state index is 12.6. The van der Waals surface area contributed by atoms with Crippen LogP contribution < -0.4 is 16.0 Å². The van der Waals surface area contributed by atoms with Crippen LogP contribution in [0.2, 0.25) is 5.02 Å². The highest BCUT2D eigenvalue weighted by Gasteiger charge is 2.27. The van der Waals surface area contributed by atoms with Gasteiger partial charge in [0.2, 0.25) is 5.96 Å². The lowest BCUT2D eigenvalue weighted by Crippen LogP contribution is -2.44. The normalized spacial score (nSPS) is 12.6. The number of hydrogen-bond donors (Lipinski definition) is 3. The lowest BCUT2D eigenvalue weighted by molar-refractivity contribution is 0.0906. The molecule has 1 atom stereocenters. The molecule has 0 spiro atoms. The summed E-state index contributed by atoms with van der Waals surface area (Å²) >= 11 is 9.22. The molecule has 3 N–H and O–H groups in total. The number of benzene rings is 1. The summed E-state index contributed by atoms with van der Waals surface area (Å²) < 4.78 is 0.775. The number of carbonyl (C=O) groups is 1. The third-order valence-corrected chi connectivity index (χ3v) is 4.28. The predicted molar refractivity (Wildman–Crippen MR) is 114 cm³/mol. The Morgan fingerprint density at radius 1 is 1.29 bits per heavy atom. The van der Waals surface area contributed by atoms with Gasteiger partial charge in [-0.2, -0.15) is 5.26 Å². The molecule has 9 heteroatoms. The number of aliphatic imine (C=N–C) groups is 1. The van der Waals surface area contributed by atoms with Crippen molar-refractivity contribution in [2.75, 3.05) is 5.32 Å². The van der Waals surface area contributed by atoms with E-state index in [1.165, 1.54) is 0 Å². The van der Waals surface area contributed by atoms with Gasteiger partial charge in [0, 0.05) is 26.7 Å². The van der Waals surface area contributed by atoms with Crippen LogP contribution in [0.15, 0.2) is 52.2 Å². The van der Waals surface area contributed by atoms with E-state index < -0.39 is 11.6 Å². The van der Waals surface area contributed by atoms with Crippen LogP contribution in [-0.4, -0.2) is 23.0 Å². The summed E-state index contributed by atoms with van der Waals surface area (Å²) in [4.78, 5) is 21.2. The van der Waals surface area contributed by atoms with Gasteiger partial charge in [0.25, 0.3) is 5.91 Å². The highest BCUT2D eigenvalue weighted by Crippen LogP contribution is 2.22. The highest BCUT2D eigenvalue weighted by atomic mass is 79.9. The van der Waals surface area contributed by atoms with E-state index in [2.05, 4.69) is 41.9 Å². The molecule has 1 aromatic heterocycles. The van der Waals surface area contributed by atoms with Crippen molar-refractivity contribution in [3.05, 3.63) is 57.8 Å². The molecule has 1 aromatic carbocycles.